The highest BCUT2D eigenvalue weighted by Crippen LogP contribution is 2.37. The van der Waals surface area contributed by atoms with Crippen LogP contribution in [0.2, 0.25) is 0 Å². The number of nitro groups is 1. The molecule has 0 N–H and O–H groups in total. The summed E-state index contributed by atoms with van der Waals surface area (Å²) in [5.41, 5.74) is 1.06. The van der Waals surface area contributed by atoms with Gasteiger partial charge < -0.3 is 9.47 Å². The van der Waals surface area contributed by atoms with Gasteiger partial charge in [0.15, 0.2) is 11.5 Å². The topological polar surface area (TPSA) is 98.3 Å². The first-order valence-corrected chi connectivity index (χ1v) is 9.35. The summed E-state index contributed by atoms with van der Waals surface area (Å²) in [6, 6.07) is 8.69. The Balaban J connectivity index is 2.08. The third-order valence-corrected chi connectivity index (χ3v) is 5.43. The zero-order valence-corrected chi connectivity index (χ0v) is 16.0. The zero-order chi connectivity index (χ0) is 19.4. The van der Waals surface area contributed by atoms with Crippen molar-refractivity contribution in [3.05, 3.63) is 55.7 Å². The molecule has 2 heterocycles. The number of ether oxygens (including phenoxy) is 2. The fourth-order valence-corrected chi connectivity index (χ4v) is 3.94. The summed E-state index contributed by atoms with van der Waals surface area (Å²) in [7, 11) is 2.84. The van der Waals surface area contributed by atoms with E-state index >= 15 is 0 Å². The summed E-state index contributed by atoms with van der Waals surface area (Å²) in [6.45, 7) is 0. The van der Waals surface area contributed by atoms with Gasteiger partial charge in [-0.1, -0.05) is 6.07 Å². The first-order chi connectivity index (χ1) is 13.1. The van der Waals surface area contributed by atoms with Gasteiger partial charge in [-0.15, -0.1) is 22.7 Å². The molecule has 27 heavy (non-hydrogen) atoms. The number of methoxy groups -OCH3 is 2. The van der Waals surface area contributed by atoms with Crippen molar-refractivity contribution < 1.29 is 14.4 Å². The molecule has 3 aromatic rings. The molecular formula is C18H13N3O4S2. The van der Waals surface area contributed by atoms with Gasteiger partial charge in [0.25, 0.3) is 5.69 Å². The van der Waals surface area contributed by atoms with Crippen LogP contribution >= 0.6 is 22.7 Å². The van der Waals surface area contributed by atoms with Crippen molar-refractivity contribution >= 4 is 40.0 Å². The number of nitro benzene ring substituents is 1. The van der Waals surface area contributed by atoms with E-state index in [9.17, 15) is 15.4 Å². The molecule has 0 spiro atoms. The predicted octanol–water partition coefficient (Wildman–Crippen LogP) is 4.86. The molecule has 0 radical (unpaired) electrons. The van der Waals surface area contributed by atoms with Gasteiger partial charge in [0, 0.05) is 5.38 Å². The minimum Gasteiger partial charge on any atom is -0.493 e. The predicted molar refractivity (Wildman–Crippen MR) is 105 cm³/mol. The van der Waals surface area contributed by atoms with Crippen LogP contribution in [0.15, 0.2) is 35.0 Å². The molecule has 1 aromatic carbocycles. The molecule has 0 unspecified atom stereocenters. The van der Waals surface area contributed by atoms with Crippen LogP contribution in [0.4, 0.5) is 5.69 Å². The van der Waals surface area contributed by atoms with Gasteiger partial charge in [0.05, 0.1) is 46.9 Å². The maximum Gasteiger partial charge on any atom is 0.280 e. The van der Waals surface area contributed by atoms with E-state index in [1.165, 1.54) is 43.8 Å². The second-order valence-electron chi connectivity index (χ2n) is 5.21. The lowest BCUT2D eigenvalue weighted by atomic mass is 10.1. The van der Waals surface area contributed by atoms with E-state index in [1.54, 1.807) is 11.3 Å². The summed E-state index contributed by atoms with van der Waals surface area (Å²) >= 11 is 2.86. The Morgan fingerprint density at radius 1 is 1.30 bits per heavy atom. The molecule has 7 nitrogen and oxygen atoms in total. The van der Waals surface area contributed by atoms with Crippen molar-refractivity contribution in [3.63, 3.8) is 0 Å². The monoisotopic (exact) mass is 399 g/mol. The summed E-state index contributed by atoms with van der Waals surface area (Å²) in [5.74, 6) is 0.583. The number of nitriles is 1. The highest BCUT2D eigenvalue weighted by Gasteiger charge is 2.20. The van der Waals surface area contributed by atoms with Crippen molar-refractivity contribution in [2.24, 2.45) is 0 Å². The lowest BCUT2D eigenvalue weighted by Gasteiger charge is -2.09. The van der Waals surface area contributed by atoms with Crippen LogP contribution in [-0.4, -0.2) is 24.1 Å². The number of aromatic nitrogens is 1. The van der Waals surface area contributed by atoms with Crippen molar-refractivity contribution in [2.75, 3.05) is 14.2 Å². The van der Waals surface area contributed by atoms with Gasteiger partial charge >= 0.3 is 0 Å². The molecule has 0 aliphatic carbocycles. The van der Waals surface area contributed by atoms with Crippen molar-refractivity contribution in [2.45, 2.75) is 0 Å². The Labute approximate surface area is 162 Å². The largest absolute Gasteiger partial charge is 0.493 e. The maximum absolute atomic E-state index is 11.4. The first kappa shape index (κ1) is 18.6. The quantitative estimate of drug-likeness (QED) is 0.333. The molecule has 9 heteroatoms. The number of hydrogen-bond acceptors (Lipinski definition) is 8. The minimum absolute atomic E-state index is 0.185. The van der Waals surface area contributed by atoms with Crippen LogP contribution < -0.4 is 9.47 Å². The minimum atomic E-state index is -0.526. The number of benzene rings is 1. The fourth-order valence-electron chi connectivity index (χ4n) is 2.39. The Hall–Kier alpha value is -3.22. The molecule has 0 atom stereocenters. The van der Waals surface area contributed by atoms with Crippen molar-refractivity contribution in [3.8, 4) is 28.1 Å². The van der Waals surface area contributed by atoms with Gasteiger partial charge in [0.1, 0.15) is 11.1 Å². The summed E-state index contributed by atoms with van der Waals surface area (Å²) in [4.78, 5) is 16.4. The summed E-state index contributed by atoms with van der Waals surface area (Å²) < 4.78 is 10.3. The molecule has 0 bridgehead atoms. The normalized spacial score (nSPS) is 11.1. The van der Waals surface area contributed by atoms with Crippen LogP contribution in [0.3, 0.4) is 0 Å². The van der Waals surface area contributed by atoms with Crippen LogP contribution in [0.5, 0.6) is 11.5 Å². The van der Waals surface area contributed by atoms with Gasteiger partial charge in [0.2, 0.25) is 0 Å². The molecule has 136 valence electrons. The van der Waals surface area contributed by atoms with E-state index in [4.69, 9.17) is 9.47 Å². The number of thiophene rings is 1. The van der Waals surface area contributed by atoms with E-state index < -0.39 is 4.92 Å². The number of thiazole rings is 1. The van der Waals surface area contributed by atoms with E-state index in [0.29, 0.717) is 10.8 Å². The van der Waals surface area contributed by atoms with Crippen molar-refractivity contribution in [1.82, 2.24) is 4.98 Å². The van der Waals surface area contributed by atoms with E-state index in [2.05, 4.69) is 11.1 Å². The average molecular weight is 399 g/mol. The first-order valence-electron chi connectivity index (χ1n) is 7.59. The SMILES string of the molecule is COc1cc(/C=C(\C#N)c2nc(-c3cccs3)cs2)c([N+](=O)[O-])cc1OC. The van der Waals surface area contributed by atoms with Gasteiger partial charge in [-0.3, -0.25) is 10.1 Å². The van der Waals surface area contributed by atoms with Crippen LogP contribution in [0.1, 0.15) is 10.6 Å². The summed E-state index contributed by atoms with van der Waals surface area (Å²) in [5, 5.41) is 25.3. The lowest BCUT2D eigenvalue weighted by Crippen LogP contribution is -1.97. The second kappa shape index (κ2) is 7.99. The van der Waals surface area contributed by atoms with Gasteiger partial charge in [-0.2, -0.15) is 5.26 Å². The zero-order valence-electron chi connectivity index (χ0n) is 14.3. The lowest BCUT2D eigenvalue weighted by molar-refractivity contribution is -0.385. The molecule has 0 amide bonds. The molecule has 0 fully saturated rings. The smallest absolute Gasteiger partial charge is 0.280 e. The van der Waals surface area contributed by atoms with Gasteiger partial charge in [-0.05, 0) is 23.6 Å². The Kier molecular flexibility index (Phi) is 5.49. The fraction of sp³-hybridized carbons (Fsp3) is 0.111. The van der Waals surface area contributed by atoms with Gasteiger partial charge in [-0.25, -0.2) is 4.98 Å². The molecule has 0 saturated heterocycles. The Morgan fingerprint density at radius 3 is 2.63 bits per heavy atom. The van der Waals surface area contributed by atoms with E-state index in [-0.39, 0.29) is 22.6 Å². The molecule has 0 saturated carbocycles. The Morgan fingerprint density at radius 2 is 2.04 bits per heavy atom. The molecule has 0 aliphatic heterocycles. The molecule has 3 rings (SSSR count). The number of hydrogen-bond donors (Lipinski definition) is 0. The van der Waals surface area contributed by atoms with Crippen LogP contribution in [0.25, 0.3) is 22.2 Å². The Bertz CT molecular complexity index is 1050. The third kappa shape index (κ3) is 3.81. The van der Waals surface area contributed by atoms with E-state index in [0.717, 1.165) is 10.6 Å². The maximum atomic E-state index is 11.4. The molecule has 2 aromatic heterocycles. The van der Waals surface area contributed by atoms with Crippen LogP contribution in [0, 0.1) is 21.4 Å². The standard InChI is InChI=1S/C18H13N3O4S2/c1-24-15-7-11(14(21(22)23)8-16(15)25-2)6-12(9-19)18-20-13(10-27-18)17-4-3-5-26-17/h3-8,10H,1-2H3/b12-6+. The highest BCUT2D eigenvalue weighted by molar-refractivity contribution is 7.14. The number of allylic oxidation sites excluding steroid dienone is 1. The van der Waals surface area contributed by atoms with Crippen molar-refractivity contribution in [1.29, 1.82) is 5.26 Å². The van der Waals surface area contributed by atoms with Crippen LogP contribution in [-0.2, 0) is 0 Å². The number of nitrogens with zero attached hydrogens (tertiary/aromatic N) is 3. The summed E-state index contributed by atoms with van der Waals surface area (Å²) in [6.07, 6.45) is 1.44. The number of rotatable bonds is 6. The highest BCUT2D eigenvalue weighted by atomic mass is 32.1. The second-order valence-corrected chi connectivity index (χ2v) is 7.01. The third-order valence-electron chi connectivity index (χ3n) is 3.66. The molecular weight excluding hydrogens is 386 g/mol. The van der Waals surface area contributed by atoms with E-state index in [1.807, 2.05) is 22.9 Å². The molecule has 0 aliphatic rings. The average Bonchev–Trinajstić information content (AvgIpc) is 3.36.